The number of hydrogen-bond donors (Lipinski definition) is 1. The van der Waals surface area contributed by atoms with Crippen molar-refractivity contribution in [2.24, 2.45) is 0 Å². The maximum Gasteiger partial charge on any atom is 0.272 e. The lowest BCUT2D eigenvalue weighted by molar-refractivity contribution is 0.431. The number of nitrogen functional groups attached to an aromatic ring is 1. The predicted molar refractivity (Wildman–Crippen MR) is 42.0 cm³/mol. The summed E-state index contributed by atoms with van der Waals surface area (Å²) < 4.78 is 17.6. The number of hydrogen-bond acceptors (Lipinski definition) is 5. The van der Waals surface area contributed by atoms with Gasteiger partial charge in [-0.05, 0) is 16.6 Å². The van der Waals surface area contributed by atoms with E-state index in [4.69, 9.17) is 5.73 Å². The molecule has 2 aromatic heterocycles. The van der Waals surface area contributed by atoms with Gasteiger partial charge >= 0.3 is 0 Å². The minimum atomic E-state index is -0.372. The Morgan fingerprint density at radius 2 is 2.42 bits per heavy atom. The highest BCUT2D eigenvalue weighted by molar-refractivity contribution is 7.13. The van der Waals surface area contributed by atoms with Crippen LogP contribution in [0.5, 0.6) is 0 Å². The molecule has 0 amide bonds. The lowest BCUT2D eigenvalue weighted by atomic mass is 10.4. The Kier molecular flexibility index (Phi) is 1.54. The van der Waals surface area contributed by atoms with Crippen LogP contribution in [-0.4, -0.2) is 10.1 Å². The fourth-order valence-electron chi connectivity index (χ4n) is 0.773. The van der Waals surface area contributed by atoms with Crippen LogP contribution in [0.1, 0.15) is 0 Å². The quantitative estimate of drug-likeness (QED) is 0.731. The van der Waals surface area contributed by atoms with Gasteiger partial charge in [0.05, 0.1) is 0 Å². The maximum absolute atomic E-state index is 12.9. The van der Waals surface area contributed by atoms with Gasteiger partial charge in [0.1, 0.15) is 10.7 Å². The van der Waals surface area contributed by atoms with Crippen molar-refractivity contribution in [2.75, 3.05) is 5.73 Å². The molecule has 0 aliphatic heterocycles. The summed E-state index contributed by atoms with van der Waals surface area (Å²) >= 11 is 1.19. The third-order valence-corrected chi connectivity index (χ3v) is 2.13. The molecule has 0 aromatic carbocycles. The molecule has 0 fully saturated rings. The van der Waals surface area contributed by atoms with Gasteiger partial charge in [-0.3, -0.25) is 0 Å². The van der Waals surface area contributed by atoms with Crippen molar-refractivity contribution in [3.8, 4) is 10.8 Å². The summed E-state index contributed by atoms with van der Waals surface area (Å²) in [6.45, 7) is 0. The van der Waals surface area contributed by atoms with Gasteiger partial charge in [0.15, 0.2) is 0 Å². The highest BCUT2D eigenvalue weighted by Crippen LogP contribution is 2.26. The summed E-state index contributed by atoms with van der Waals surface area (Å²) in [4.78, 5) is 4.00. The van der Waals surface area contributed by atoms with E-state index in [0.29, 0.717) is 4.88 Å². The fourth-order valence-corrected chi connectivity index (χ4v) is 1.46. The highest BCUT2D eigenvalue weighted by atomic mass is 32.1. The Morgan fingerprint density at radius 1 is 1.58 bits per heavy atom. The van der Waals surface area contributed by atoms with Crippen LogP contribution in [0.15, 0.2) is 16.0 Å². The minimum absolute atomic E-state index is 0.0119. The summed E-state index contributed by atoms with van der Waals surface area (Å²) in [5.74, 6) is -0.235. The largest absolute Gasteiger partial charge is 0.365 e. The first kappa shape index (κ1) is 7.23. The van der Waals surface area contributed by atoms with Crippen LogP contribution in [0.4, 0.5) is 10.3 Å². The molecule has 4 nitrogen and oxygen atoms in total. The number of thiophene rings is 1. The molecule has 12 heavy (non-hydrogen) atoms. The standard InChI is InChI=1S/C6H4FN3OS/c7-3-1-2-12-4(3)5-9-6(8)10-11-5/h1-2H,(H2,8,10). The summed E-state index contributed by atoms with van der Waals surface area (Å²) in [7, 11) is 0. The van der Waals surface area contributed by atoms with Crippen molar-refractivity contribution >= 4 is 17.3 Å². The Morgan fingerprint density at radius 3 is 2.92 bits per heavy atom. The van der Waals surface area contributed by atoms with E-state index in [-0.39, 0.29) is 17.7 Å². The molecule has 0 aliphatic rings. The average Bonchev–Trinajstić information content (AvgIpc) is 2.58. The van der Waals surface area contributed by atoms with E-state index in [2.05, 4.69) is 14.7 Å². The van der Waals surface area contributed by atoms with Crippen LogP contribution >= 0.6 is 11.3 Å². The predicted octanol–water partition coefficient (Wildman–Crippen LogP) is 1.52. The third-order valence-electron chi connectivity index (χ3n) is 1.25. The van der Waals surface area contributed by atoms with Crippen LogP contribution in [0.25, 0.3) is 10.8 Å². The van der Waals surface area contributed by atoms with Crippen LogP contribution in [0, 0.1) is 5.82 Å². The molecular formula is C6H4FN3OS. The van der Waals surface area contributed by atoms with Crippen molar-refractivity contribution in [1.29, 1.82) is 0 Å². The molecule has 2 aromatic rings. The number of halogens is 1. The zero-order valence-electron chi connectivity index (χ0n) is 5.82. The first-order chi connectivity index (χ1) is 5.77. The molecule has 0 bridgehead atoms. The van der Waals surface area contributed by atoms with E-state index >= 15 is 0 Å². The van der Waals surface area contributed by atoms with Crippen LogP contribution in [0.2, 0.25) is 0 Å². The van der Waals surface area contributed by atoms with Crippen molar-refractivity contribution < 1.29 is 8.91 Å². The molecule has 0 radical (unpaired) electrons. The van der Waals surface area contributed by atoms with Crippen LogP contribution < -0.4 is 5.73 Å². The van der Waals surface area contributed by atoms with Gasteiger partial charge in [0, 0.05) is 0 Å². The number of nitrogens with two attached hydrogens (primary N) is 1. The van der Waals surface area contributed by atoms with Crippen molar-refractivity contribution in [2.45, 2.75) is 0 Å². The Bertz CT molecular complexity index is 397. The smallest absolute Gasteiger partial charge is 0.272 e. The molecule has 0 aliphatic carbocycles. The molecule has 0 saturated carbocycles. The molecule has 2 rings (SSSR count). The molecule has 2 heterocycles. The van der Waals surface area contributed by atoms with E-state index in [0.717, 1.165) is 0 Å². The van der Waals surface area contributed by atoms with Gasteiger partial charge in [-0.15, -0.1) is 11.3 Å². The van der Waals surface area contributed by atoms with Gasteiger partial charge in [-0.1, -0.05) is 0 Å². The normalized spacial score (nSPS) is 10.4. The monoisotopic (exact) mass is 185 g/mol. The van der Waals surface area contributed by atoms with E-state index < -0.39 is 0 Å². The summed E-state index contributed by atoms with van der Waals surface area (Å²) in [6, 6.07) is 1.33. The lowest BCUT2D eigenvalue weighted by Crippen LogP contribution is -1.85. The minimum Gasteiger partial charge on any atom is -0.365 e. The first-order valence-electron chi connectivity index (χ1n) is 3.10. The third kappa shape index (κ3) is 1.06. The lowest BCUT2D eigenvalue weighted by Gasteiger charge is -1.84. The van der Waals surface area contributed by atoms with Crippen molar-refractivity contribution in [1.82, 2.24) is 10.1 Å². The second-order valence-electron chi connectivity index (χ2n) is 2.06. The van der Waals surface area contributed by atoms with Crippen LogP contribution in [0.3, 0.4) is 0 Å². The van der Waals surface area contributed by atoms with E-state index in [1.807, 2.05) is 0 Å². The zero-order valence-corrected chi connectivity index (χ0v) is 6.64. The van der Waals surface area contributed by atoms with Gasteiger partial charge in [-0.25, -0.2) is 4.39 Å². The SMILES string of the molecule is Nc1noc(-c2sccc2F)n1. The van der Waals surface area contributed by atoms with E-state index in [1.54, 1.807) is 5.38 Å². The van der Waals surface area contributed by atoms with E-state index in [1.165, 1.54) is 17.4 Å². The molecule has 0 atom stereocenters. The molecule has 62 valence electrons. The summed E-state index contributed by atoms with van der Waals surface area (Å²) in [6.07, 6.45) is 0. The fraction of sp³-hybridized carbons (Fsp3) is 0. The molecular weight excluding hydrogens is 181 g/mol. The molecule has 6 heteroatoms. The van der Waals surface area contributed by atoms with E-state index in [9.17, 15) is 4.39 Å². The second-order valence-corrected chi connectivity index (χ2v) is 2.97. The zero-order chi connectivity index (χ0) is 8.55. The topological polar surface area (TPSA) is 64.9 Å². The summed E-state index contributed by atoms with van der Waals surface area (Å²) in [5.41, 5.74) is 5.20. The average molecular weight is 185 g/mol. The molecule has 0 saturated heterocycles. The number of aromatic nitrogens is 2. The summed E-state index contributed by atoms with van der Waals surface area (Å²) in [5, 5.41) is 4.95. The second kappa shape index (κ2) is 2.56. The number of rotatable bonds is 1. The maximum atomic E-state index is 12.9. The molecule has 0 spiro atoms. The van der Waals surface area contributed by atoms with Gasteiger partial charge in [0.2, 0.25) is 0 Å². The van der Waals surface area contributed by atoms with Gasteiger partial charge in [0.25, 0.3) is 11.8 Å². The highest BCUT2D eigenvalue weighted by Gasteiger charge is 2.12. The van der Waals surface area contributed by atoms with Crippen molar-refractivity contribution in [3.63, 3.8) is 0 Å². The number of nitrogens with zero attached hydrogens (tertiary/aromatic N) is 2. The Hall–Kier alpha value is -1.43. The molecule has 2 N–H and O–H groups in total. The number of anilines is 1. The van der Waals surface area contributed by atoms with Gasteiger partial charge in [-0.2, -0.15) is 4.98 Å². The van der Waals surface area contributed by atoms with Gasteiger partial charge < -0.3 is 10.3 Å². The Labute approximate surface area is 70.8 Å². The Balaban J connectivity index is 2.50. The first-order valence-corrected chi connectivity index (χ1v) is 3.98. The van der Waals surface area contributed by atoms with Crippen molar-refractivity contribution in [3.05, 3.63) is 17.3 Å². The molecule has 0 unspecified atom stereocenters. The van der Waals surface area contributed by atoms with Crippen LogP contribution in [-0.2, 0) is 0 Å².